The van der Waals surface area contributed by atoms with Crippen molar-refractivity contribution in [2.45, 2.75) is 26.3 Å². The summed E-state index contributed by atoms with van der Waals surface area (Å²) in [5, 5.41) is 4.62. The molecule has 16 heavy (non-hydrogen) atoms. The largest absolute Gasteiger partial charge is 0.167 e. The minimum absolute atomic E-state index is 0.418. The van der Waals surface area contributed by atoms with Gasteiger partial charge in [0.15, 0.2) is 5.70 Å². The molecule has 0 aliphatic carbocycles. The lowest BCUT2D eigenvalue weighted by Crippen LogP contribution is -2.44. The Kier molecular flexibility index (Phi) is 7.58. The molecule has 0 aliphatic rings. The molecule has 0 aromatic heterocycles. The van der Waals surface area contributed by atoms with E-state index in [0.29, 0.717) is 10.6 Å². The molecular weight excluding hydrogens is 311 g/mol. The summed E-state index contributed by atoms with van der Waals surface area (Å²) in [4.78, 5) is 0. The van der Waals surface area contributed by atoms with Crippen molar-refractivity contribution in [3.63, 3.8) is 0 Å². The van der Waals surface area contributed by atoms with E-state index in [0.717, 1.165) is 16.5 Å². The molecule has 0 amide bonds. The van der Waals surface area contributed by atoms with E-state index >= 15 is 0 Å². The van der Waals surface area contributed by atoms with Crippen LogP contribution in [0.2, 0.25) is 0 Å². The summed E-state index contributed by atoms with van der Waals surface area (Å²) in [7, 11) is 2.09. The predicted octanol–water partition coefficient (Wildman–Crippen LogP) is 3.91. The minimum Gasteiger partial charge on any atom is -0.167 e. The standard InChI is InChI=1S/C13H22IN2/c1-6-8-9-13(4)16(5,12(3)7-2)15-11-10-14/h6,8-9,11-12H,1,4,7,10H2,2-3,5H3/q+1/b9-8-,15-11-/t12?,16-/m1/s1. The van der Waals surface area contributed by atoms with Crippen molar-refractivity contribution in [3.8, 4) is 0 Å². The van der Waals surface area contributed by atoms with Gasteiger partial charge in [-0.25, -0.2) is 0 Å². The Hall–Kier alpha value is -0.420. The smallest absolute Gasteiger partial charge is 0.151 e. The fraction of sp³-hybridized carbons (Fsp3) is 0.462. The molecule has 0 aromatic rings. The van der Waals surface area contributed by atoms with E-state index in [1.165, 1.54) is 0 Å². The zero-order valence-electron chi connectivity index (χ0n) is 10.5. The van der Waals surface area contributed by atoms with Crippen LogP contribution in [0.3, 0.4) is 0 Å². The lowest BCUT2D eigenvalue weighted by molar-refractivity contribution is -0.899. The first-order valence-electron chi connectivity index (χ1n) is 5.47. The second kappa shape index (κ2) is 7.79. The number of nitrogens with zero attached hydrogens (tertiary/aromatic N) is 2. The minimum atomic E-state index is 0.418. The molecule has 0 aromatic carbocycles. The highest BCUT2D eigenvalue weighted by atomic mass is 127. The fourth-order valence-corrected chi connectivity index (χ4v) is 1.53. The third-order valence-electron chi connectivity index (χ3n) is 2.85. The Morgan fingerprint density at radius 1 is 1.56 bits per heavy atom. The molecule has 0 fully saturated rings. The Bertz CT molecular complexity index is 294. The molecule has 0 saturated heterocycles. The first-order valence-corrected chi connectivity index (χ1v) is 7.00. The predicted molar refractivity (Wildman–Crippen MR) is 81.8 cm³/mol. The average Bonchev–Trinajstić information content (AvgIpc) is 2.31. The summed E-state index contributed by atoms with van der Waals surface area (Å²) in [5.41, 5.74) is 0.982. The van der Waals surface area contributed by atoms with Crippen LogP contribution in [0.5, 0.6) is 0 Å². The van der Waals surface area contributed by atoms with Gasteiger partial charge in [-0.2, -0.15) is 4.59 Å². The molecule has 2 atom stereocenters. The van der Waals surface area contributed by atoms with Crippen molar-refractivity contribution >= 4 is 28.8 Å². The fourth-order valence-electron chi connectivity index (χ4n) is 1.36. The average molecular weight is 333 g/mol. The van der Waals surface area contributed by atoms with Gasteiger partial charge in [0.2, 0.25) is 0 Å². The number of allylic oxidation sites excluding steroid dienone is 3. The maximum Gasteiger partial charge on any atom is 0.151 e. The van der Waals surface area contributed by atoms with Gasteiger partial charge in [0, 0.05) is 10.5 Å². The van der Waals surface area contributed by atoms with Crippen LogP contribution >= 0.6 is 22.6 Å². The van der Waals surface area contributed by atoms with Crippen LogP contribution in [0.25, 0.3) is 0 Å². The number of hydrogen-bond donors (Lipinski definition) is 0. The topological polar surface area (TPSA) is 12.4 Å². The second-order valence-electron chi connectivity index (χ2n) is 3.82. The summed E-state index contributed by atoms with van der Waals surface area (Å²) in [6, 6.07) is 0.418. The van der Waals surface area contributed by atoms with E-state index < -0.39 is 0 Å². The monoisotopic (exact) mass is 333 g/mol. The van der Waals surface area contributed by atoms with E-state index in [1.807, 2.05) is 18.4 Å². The normalized spacial score (nSPS) is 17.5. The van der Waals surface area contributed by atoms with Crippen LogP contribution in [-0.4, -0.2) is 28.3 Å². The van der Waals surface area contributed by atoms with Crippen LogP contribution in [-0.2, 0) is 0 Å². The maximum absolute atomic E-state index is 4.62. The van der Waals surface area contributed by atoms with Crippen molar-refractivity contribution in [3.05, 3.63) is 37.1 Å². The van der Waals surface area contributed by atoms with E-state index in [2.05, 4.69) is 61.7 Å². The molecule has 0 aliphatic heterocycles. The molecule has 3 heteroatoms. The van der Waals surface area contributed by atoms with E-state index in [-0.39, 0.29) is 0 Å². The molecule has 2 nitrogen and oxygen atoms in total. The van der Waals surface area contributed by atoms with E-state index in [1.54, 1.807) is 6.08 Å². The highest BCUT2D eigenvalue weighted by molar-refractivity contribution is 14.1. The van der Waals surface area contributed by atoms with Gasteiger partial charge >= 0.3 is 0 Å². The molecule has 0 radical (unpaired) electrons. The Morgan fingerprint density at radius 2 is 2.19 bits per heavy atom. The SMILES string of the molecule is C=C/C=C\C(=C)[N@+](C)(/N=C\CI)C(C)CC. The van der Waals surface area contributed by atoms with E-state index in [4.69, 9.17) is 0 Å². The highest BCUT2D eigenvalue weighted by Crippen LogP contribution is 2.22. The molecular formula is C13H22IN2+. The van der Waals surface area contributed by atoms with Crippen LogP contribution < -0.4 is 0 Å². The second-order valence-corrected chi connectivity index (χ2v) is 4.70. The van der Waals surface area contributed by atoms with Gasteiger partial charge in [-0.3, -0.25) is 0 Å². The third-order valence-corrected chi connectivity index (χ3v) is 3.24. The third kappa shape index (κ3) is 4.22. The molecule has 90 valence electrons. The number of rotatable bonds is 7. The lowest BCUT2D eigenvalue weighted by Gasteiger charge is -2.33. The molecule has 0 rings (SSSR count). The van der Waals surface area contributed by atoms with E-state index in [9.17, 15) is 0 Å². The first-order chi connectivity index (χ1) is 7.52. The number of halogens is 1. The van der Waals surface area contributed by atoms with Crippen molar-refractivity contribution in [2.75, 3.05) is 11.5 Å². The van der Waals surface area contributed by atoms with Crippen LogP contribution in [0.4, 0.5) is 0 Å². The van der Waals surface area contributed by atoms with Gasteiger partial charge in [0.05, 0.1) is 13.3 Å². The van der Waals surface area contributed by atoms with Crippen molar-refractivity contribution in [1.82, 2.24) is 0 Å². The van der Waals surface area contributed by atoms with Crippen molar-refractivity contribution in [1.29, 1.82) is 0 Å². The van der Waals surface area contributed by atoms with Gasteiger partial charge in [-0.15, -0.1) is 0 Å². The van der Waals surface area contributed by atoms with Crippen LogP contribution in [0.15, 0.2) is 42.2 Å². The summed E-state index contributed by atoms with van der Waals surface area (Å²) in [5.74, 6) is 0. The van der Waals surface area contributed by atoms with Crippen LogP contribution in [0.1, 0.15) is 20.3 Å². The maximum atomic E-state index is 4.62. The van der Waals surface area contributed by atoms with Gasteiger partial charge < -0.3 is 0 Å². The van der Waals surface area contributed by atoms with Crippen molar-refractivity contribution < 1.29 is 4.59 Å². The molecule has 0 spiro atoms. The van der Waals surface area contributed by atoms with Gasteiger partial charge in [-0.1, -0.05) is 53.3 Å². The first kappa shape index (κ1) is 15.6. The number of hydrogen-bond acceptors (Lipinski definition) is 1. The summed E-state index contributed by atoms with van der Waals surface area (Å²) in [6.07, 6.45) is 8.65. The molecule has 0 N–H and O–H groups in total. The summed E-state index contributed by atoms with van der Waals surface area (Å²) in [6.45, 7) is 12.1. The Labute approximate surface area is 113 Å². The summed E-state index contributed by atoms with van der Waals surface area (Å²) >= 11 is 2.29. The Morgan fingerprint density at radius 3 is 2.62 bits per heavy atom. The van der Waals surface area contributed by atoms with Crippen molar-refractivity contribution in [2.24, 2.45) is 5.10 Å². The summed E-state index contributed by atoms with van der Waals surface area (Å²) < 4.78 is 1.43. The van der Waals surface area contributed by atoms with Gasteiger partial charge in [0.1, 0.15) is 6.04 Å². The Balaban J connectivity index is 5.05. The number of likely N-dealkylation sites (N-methyl/N-ethyl adjacent to an activating group) is 1. The molecule has 0 heterocycles. The quantitative estimate of drug-likeness (QED) is 0.167. The molecule has 0 saturated carbocycles. The molecule has 0 bridgehead atoms. The number of quaternary nitrogens is 1. The van der Waals surface area contributed by atoms with Gasteiger partial charge in [0.25, 0.3) is 0 Å². The van der Waals surface area contributed by atoms with Crippen LogP contribution in [0, 0.1) is 0 Å². The zero-order chi connectivity index (χ0) is 12.6. The molecule has 1 unspecified atom stereocenters. The van der Waals surface area contributed by atoms with Gasteiger partial charge in [-0.05, 0) is 19.9 Å². The highest BCUT2D eigenvalue weighted by Gasteiger charge is 2.30. The number of alkyl halides is 1. The lowest BCUT2D eigenvalue weighted by atomic mass is 10.2. The zero-order valence-corrected chi connectivity index (χ0v) is 12.6.